The molecule has 0 aromatic carbocycles. The number of carbonyl (C=O) groups is 1. The molecule has 2 heteroatoms. The van der Waals surface area contributed by atoms with Crippen LogP contribution in [0.2, 0.25) is 0 Å². The van der Waals surface area contributed by atoms with Gasteiger partial charge in [0.1, 0.15) is 0 Å². The van der Waals surface area contributed by atoms with Crippen molar-refractivity contribution in [1.82, 2.24) is 0 Å². The molecular formula is C25H36O2. The summed E-state index contributed by atoms with van der Waals surface area (Å²) in [6, 6.07) is 0. The van der Waals surface area contributed by atoms with E-state index >= 15 is 0 Å². The van der Waals surface area contributed by atoms with Gasteiger partial charge in [0.15, 0.2) is 0 Å². The monoisotopic (exact) mass is 368 g/mol. The van der Waals surface area contributed by atoms with Crippen LogP contribution in [-0.2, 0) is 4.79 Å². The van der Waals surface area contributed by atoms with Crippen LogP contribution in [0.5, 0.6) is 0 Å². The number of rotatable bonds is 5. The largest absolute Gasteiger partial charge is 0.478 e. The lowest BCUT2D eigenvalue weighted by atomic mass is 9.62. The van der Waals surface area contributed by atoms with Crippen molar-refractivity contribution in [1.29, 1.82) is 0 Å². The molecule has 4 atom stereocenters. The van der Waals surface area contributed by atoms with Crippen molar-refractivity contribution in [2.75, 3.05) is 0 Å². The van der Waals surface area contributed by atoms with Gasteiger partial charge in [0.2, 0.25) is 0 Å². The maximum absolute atomic E-state index is 11.0. The third kappa shape index (κ3) is 4.47. The normalized spacial score (nSPS) is 30.2. The Balaban J connectivity index is 1.81. The minimum Gasteiger partial charge on any atom is -0.478 e. The highest BCUT2D eigenvalue weighted by atomic mass is 16.4. The molecule has 0 aromatic rings. The van der Waals surface area contributed by atoms with E-state index in [1.165, 1.54) is 44.1 Å². The molecule has 27 heavy (non-hydrogen) atoms. The zero-order chi connectivity index (χ0) is 19.6. The average molecular weight is 369 g/mol. The van der Waals surface area contributed by atoms with Gasteiger partial charge in [0, 0.05) is 5.57 Å². The number of hydrogen-bond acceptors (Lipinski definition) is 1. The zero-order valence-corrected chi connectivity index (χ0v) is 17.4. The van der Waals surface area contributed by atoms with Crippen LogP contribution in [0.4, 0.5) is 0 Å². The fraction of sp³-hybridized carbons (Fsp3) is 0.640. The summed E-state index contributed by atoms with van der Waals surface area (Å²) >= 11 is 0. The molecule has 0 spiro atoms. The molecule has 0 aromatic heterocycles. The molecule has 1 fully saturated rings. The molecule has 2 bridgehead atoms. The molecule has 3 aliphatic carbocycles. The maximum atomic E-state index is 11.0. The van der Waals surface area contributed by atoms with Crippen LogP contribution in [0.3, 0.4) is 0 Å². The Morgan fingerprint density at radius 2 is 2.11 bits per heavy atom. The standard InChI is InChI=1S/C25H36O2/c1-16(7-5-9-19(4)25(26)27)21-13-11-18(3)22-14-12-20-10-6-8-17(2)23(15-20)24(21)22/h9-10,16,21,23-24H,2,5-8,11-15H2,1,3-4H3,(H,26,27)/b19-9+/t16-,21-,23+,24-/m0/s1. The fourth-order valence-electron chi connectivity index (χ4n) is 5.73. The molecule has 3 rings (SSSR count). The Kier molecular flexibility index (Phi) is 6.44. The highest BCUT2D eigenvalue weighted by Gasteiger charge is 2.41. The summed E-state index contributed by atoms with van der Waals surface area (Å²) in [5, 5.41) is 9.08. The summed E-state index contributed by atoms with van der Waals surface area (Å²) in [4.78, 5) is 11.0. The lowest BCUT2D eigenvalue weighted by Gasteiger charge is -2.42. The molecule has 1 N–H and O–H groups in total. The predicted octanol–water partition coefficient (Wildman–Crippen LogP) is 6.85. The smallest absolute Gasteiger partial charge is 0.330 e. The van der Waals surface area contributed by atoms with Gasteiger partial charge in [-0.3, -0.25) is 0 Å². The van der Waals surface area contributed by atoms with E-state index in [1.807, 2.05) is 6.08 Å². The van der Waals surface area contributed by atoms with Crippen LogP contribution < -0.4 is 0 Å². The SMILES string of the molecule is C=C1CCC=C2CCC3=C(C)CC[C@@H]([C@@H](C)CC/C=C(\C)C(=O)O)[C@@H]3[C@@H]1C2. The van der Waals surface area contributed by atoms with E-state index in [9.17, 15) is 4.79 Å². The topological polar surface area (TPSA) is 37.3 Å². The first-order valence-corrected chi connectivity index (χ1v) is 10.8. The molecule has 2 nitrogen and oxygen atoms in total. The first-order chi connectivity index (χ1) is 12.9. The lowest BCUT2D eigenvalue weighted by molar-refractivity contribution is -0.132. The van der Waals surface area contributed by atoms with Gasteiger partial charge in [-0.2, -0.15) is 0 Å². The summed E-state index contributed by atoms with van der Waals surface area (Å²) in [5.74, 6) is 1.82. The van der Waals surface area contributed by atoms with Crippen LogP contribution in [0, 0.1) is 23.7 Å². The van der Waals surface area contributed by atoms with Gasteiger partial charge in [0.05, 0.1) is 0 Å². The number of aliphatic carboxylic acids is 1. The fourth-order valence-corrected chi connectivity index (χ4v) is 5.73. The average Bonchev–Trinajstić information content (AvgIpc) is 2.93. The first-order valence-electron chi connectivity index (χ1n) is 10.8. The summed E-state index contributed by atoms with van der Waals surface area (Å²) in [6.07, 6.45) is 14.9. The van der Waals surface area contributed by atoms with Gasteiger partial charge >= 0.3 is 5.97 Å². The van der Waals surface area contributed by atoms with E-state index in [4.69, 9.17) is 5.11 Å². The maximum Gasteiger partial charge on any atom is 0.330 e. The highest BCUT2D eigenvalue weighted by molar-refractivity contribution is 5.85. The van der Waals surface area contributed by atoms with Crippen LogP contribution in [0.25, 0.3) is 0 Å². The molecule has 0 unspecified atom stereocenters. The second-order valence-electron chi connectivity index (χ2n) is 9.15. The van der Waals surface area contributed by atoms with E-state index in [0.29, 0.717) is 29.2 Å². The van der Waals surface area contributed by atoms with Crippen LogP contribution in [-0.4, -0.2) is 11.1 Å². The Morgan fingerprint density at radius 3 is 2.85 bits per heavy atom. The van der Waals surface area contributed by atoms with Gasteiger partial charge in [-0.05, 0) is 95.3 Å². The Labute approximate surface area is 165 Å². The molecular weight excluding hydrogens is 332 g/mol. The second-order valence-corrected chi connectivity index (χ2v) is 9.15. The predicted molar refractivity (Wildman–Crippen MR) is 113 cm³/mol. The zero-order valence-electron chi connectivity index (χ0n) is 17.4. The molecule has 0 saturated heterocycles. The van der Waals surface area contributed by atoms with Gasteiger partial charge in [-0.15, -0.1) is 0 Å². The van der Waals surface area contributed by atoms with E-state index < -0.39 is 5.97 Å². The molecule has 0 heterocycles. The summed E-state index contributed by atoms with van der Waals surface area (Å²) in [5.41, 5.74) is 7.00. The van der Waals surface area contributed by atoms with Gasteiger partial charge in [-0.1, -0.05) is 47.9 Å². The molecule has 0 radical (unpaired) electrons. The van der Waals surface area contributed by atoms with Crippen molar-refractivity contribution in [2.24, 2.45) is 23.7 Å². The molecule has 3 aliphatic rings. The lowest BCUT2D eigenvalue weighted by Crippen LogP contribution is -2.33. The molecule has 0 aliphatic heterocycles. The van der Waals surface area contributed by atoms with E-state index in [-0.39, 0.29) is 0 Å². The summed E-state index contributed by atoms with van der Waals surface area (Å²) < 4.78 is 0. The van der Waals surface area contributed by atoms with Crippen LogP contribution in [0.1, 0.15) is 78.6 Å². The Bertz CT molecular complexity index is 691. The Morgan fingerprint density at radius 1 is 1.33 bits per heavy atom. The summed E-state index contributed by atoms with van der Waals surface area (Å²) in [7, 11) is 0. The quantitative estimate of drug-likeness (QED) is 0.425. The van der Waals surface area contributed by atoms with Crippen molar-refractivity contribution in [3.8, 4) is 0 Å². The van der Waals surface area contributed by atoms with Crippen molar-refractivity contribution < 1.29 is 9.90 Å². The third-order valence-electron chi connectivity index (χ3n) is 7.46. The van der Waals surface area contributed by atoms with Gasteiger partial charge < -0.3 is 5.11 Å². The minimum absolute atomic E-state index is 0.476. The van der Waals surface area contributed by atoms with Crippen molar-refractivity contribution >= 4 is 5.97 Å². The van der Waals surface area contributed by atoms with E-state index in [2.05, 4.69) is 26.5 Å². The van der Waals surface area contributed by atoms with E-state index in [0.717, 1.165) is 19.3 Å². The van der Waals surface area contributed by atoms with Gasteiger partial charge in [-0.25, -0.2) is 4.79 Å². The number of allylic oxidation sites excluding steroid dienone is 6. The summed E-state index contributed by atoms with van der Waals surface area (Å²) in [6.45, 7) is 11.0. The highest BCUT2D eigenvalue weighted by Crippen LogP contribution is 2.52. The second kappa shape index (κ2) is 8.63. The van der Waals surface area contributed by atoms with Gasteiger partial charge in [0.25, 0.3) is 0 Å². The van der Waals surface area contributed by atoms with Crippen LogP contribution >= 0.6 is 0 Å². The molecule has 0 amide bonds. The van der Waals surface area contributed by atoms with Crippen molar-refractivity contribution in [3.63, 3.8) is 0 Å². The van der Waals surface area contributed by atoms with Crippen LogP contribution in [0.15, 0.2) is 46.6 Å². The minimum atomic E-state index is -0.793. The number of fused-ring (bicyclic) bond motifs is 4. The van der Waals surface area contributed by atoms with Crippen molar-refractivity contribution in [3.05, 3.63) is 46.6 Å². The van der Waals surface area contributed by atoms with E-state index in [1.54, 1.807) is 23.6 Å². The number of carboxylic acids is 1. The first kappa shape index (κ1) is 20.2. The molecule has 148 valence electrons. The number of carboxylic acid groups (broad SMARTS) is 1. The Hall–Kier alpha value is -1.57. The molecule has 1 saturated carbocycles. The number of hydrogen-bond donors (Lipinski definition) is 1. The third-order valence-corrected chi connectivity index (χ3v) is 7.46. The van der Waals surface area contributed by atoms with Crippen molar-refractivity contribution in [2.45, 2.75) is 78.6 Å².